The third-order valence-electron chi connectivity index (χ3n) is 2.25. The molecular weight excluding hydrogens is 188 g/mol. The van der Waals surface area contributed by atoms with E-state index in [9.17, 15) is 5.11 Å². The first-order valence-electron chi connectivity index (χ1n) is 4.92. The third kappa shape index (κ3) is 3.35. The van der Waals surface area contributed by atoms with E-state index in [0.29, 0.717) is 6.54 Å². The lowest BCUT2D eigenvalue weighted by atomic mass is 9.97. The zero-order valence-corrected chi connectivity index (χ0v) is 9.09. The van der Waals surface area contributed by atoms with Crippen LogP contribution in [0.1, 0.15) is 11.7 Å². The Morgan fingerprint density at radius 3 is 2.40 bits per heavy atom. The average Bonchev–Trinajstić information content (AvgIpc) is 2.26. The smallest absolute Gasteiger partial charge is 0.0960 e. The topological polar surface area (TPSA) is 47.3 Å². The summed E-state index contributed by atoms with van der Waals surface area (Å²) < 4.78 is 0. The van der Waals surface area contributed by atoms with Crippen LogP contribution in [-0.4, -0.2) is 30.6 Å². The Morgan fingerprint density at radius 1 is 1.33 bits per heavy atom. The van der Waals surface area contributed by atoms with E-state index in [0.717, 1.165) is 5.56 Å². The minimum absolute atomic E-state index is 0.387. The van der Waals surface area contributed by atoms with Gasteiger partial charge in [0.05, 0.1) is 18.1 Å². The molecule has 0 saturated heterocycles. The normalized spacial score (nSPS) is 14.6. The van der Waals surface area contributed by atoms with Crippen molar-refractivity contribution in [2.75, 3.05) is 20.6 Å². The zero-order valence-electron chi connectivity index (χ0n) is 9.09. The number of aliphatic hydroxyl groups excluding tert-OH is 1. The van der Waals surface area contributed by atoms with Crippen LogP contribution in [0.2, 0.25) is 0 Å². The van der Waals surface area contributed by atoms with Crippen molar-refractivity contribution < 1.29 is 5.11 Å². The first kappa shape index (κ1) is 11.7. The number of rotatable bonds is 4. The van der Waals surface area contributed by atoms with Gasteiger partial charge in [-0.15, -0.1) is 0 Å². The quantitative estimate of drug-likeness (QED) is 0.807. The fraction of sp³-hybridized carbons (Fsp3) is 0.417. The fourth-order valence-corrected chi connectivity index (χ4v) is 1.49. The Morgan fingerprint density at radius 2 is 1.93 bits per heavy atom. The fourth-order valence-electron chi connectivity index (χ4n) is 1.49. The molecule has 0 aliphatic carbocycles. The summed E-state index contributed by atoms with van der Waals surface area (Å²) in [6.45, 7) is 0.562. The first-order chi connectivity index (χ1) is 7.15. The van der Waals surface area contributed by atoms with E-state index in [2.05, 4.69) is 6.07 Å². The first-order valence-corrected chi connectivity index (χ1v) is 4.92. The van der Waals surface area contributed by atoms with Gasteiger partial charge in [-0.3, -0.25) is 0 Å². The molecule has 2 atom stereocenters. The van der Waals surface area contributed by atoms with E-state index in [-0.39, 0.29) is 5.92 Å². The van der Waals surface area contributed by atoms with Gasteiger partial charge in [-0.1, -0.05) is 30.3 Å². The Balaban J connectivity index is 2.74. The molecule has 0 heterocycles. The van der Waals surface area contributed by atoms with E-state index < -0.39 is 6.10 Å². The van der Waals surface area contributed by atoms with E-state index >= 15 is 0 Å². The van der Waals surface area contributed by atoms with E-state index in [1.54, 1.807) is 0 Å². The molecule has 1 aromatic rings. The van der Waals surface area contributed by atoms with Crippen LogP contribution in [0.15, 0.2) is 30.3 Å². The van der Waals surface area contributed by atoms with Crippen molar-refractivity contribution in [3.63, 3.8) is 0 Å². The van der Waals surface area contributed by atoms with Crippen LogP contribution < -0.4 is 0 Å². The highest BCUT2D eigenvalue weighted by Crippen LogP contribution is 2.21. The molecule has 0 aliphatic rings. The molecule has 0 radical (unpaired) electrons. The van der Waals surface area contributed by atoms with Gasteiger partial charge in [0.2, 0.25) is 0 Å². The van der Waals surface area contributed by atoms with Gasteiger partial charge >= 0.3 is 0 Å². The van der Waals surface area contributed by atoms with Crippen LogP contribution in [-0.2, 0) is 0 Å². The van der Waals surface area contributed by atoms with Crippen LogP contribution >= 0.6 is 0 Å². The minimum Gasteiger partial charge on any atom is -0.387 e. The maximum atomic E-state index is 9.98. The van der Waals surface area contributed by atoms with Crippen molar-refractivity contribution in [1.82, 2.24) is 4.90 Å². The average molecular weight is 204 g/mol. The summed E-state index contributed by atoms with van der Waals surface area (Å²) in [5.41, 5.74) is 0.797. The van der Waals surface area contributed by atoms with Gasteiger partial charge in [-0.05, 0) is 19.7 Å². The molecule has 0 aliphatic heterocycles. The lowest BCUT2D eigenvalue weighted by Crippen LogP contribution is -2.25. The van der Waals surface area contributed by atoms with Crippen molar-refractivity contribution >= 4 is 0 Å². The van der Waals surface area contributed by atoms with Gasteiger partial charge in [0, 0.05) is 6.54 Å². The molecule has 0 aromatic heterocycles. The summed E-state index contributed by atoms with van der Waals surface area (Å²) in [6.07, 6.45) is -0.710. The Bertz CT molecular complexity index is 329. The molecule has 0 saturated carbocycles. The standard InChI is InChI=1S/C12H16N2O/c1-14(2)9-11(8-13)12(15)10-6-4-3-5-7-10/h3-7,11-12,15H,9H2,1-2H3/t11-,12-/m1/s1. The highest BCUT2D eigenvalue weighted by atomic mass is 16.3. The highest BCUT2D eigenvalue weighted by molar-refractivity contribution is 5.19. The molecule has 0 unspecified atom stereocenters. The molecule has 15 heavy (non-hydrogen) atoms. The van der Waals surface area contributed by atoms with Crippen LogP contribution in [0, 0.1) is 17.2 Å². The lowest BCUT2D eigenvalue weighted by molar-refractivity contribution is 0.118. The van der Waals surface area contributed by atoms with Crippen molar-refractivity contribution in [1.29, 1.82) is 5.26 Å². The minimum atomic E-state index is -0.710. The maximum absolute atomic E-state index is 9.98. The van der Waals surface area contributed by atoms with Crippen LogP contribution in [0.5, 0.6) is 0 Å². The van der Waals surface area contributed by atoms with Crippen LogP contribution in [0.3, 0.4) is 0 Å². The summed E-state index contributed by atoms with van der Waals surface area (Å²) in [5, 5.41) is 18.9. The largest absolute Gasteiger partial charge is 0.387 e. The predicted molar refractivity (Wildman–Crippen MR) is 59.1 cm³/mol. The molecule has 1 aromatic carbocycles. The molecule has 0 fully saturated rings. The van der Waals surface area contributed by atoms with Crippen molar-refractivity contribution in [2.24, 2.45) is 5.92 Å². The van der Waals surface area contributed by atoms with Gasteiger partial charge in [0.1, 0.15) is 0 Å². The number of benzene rings is 1. The van der Waals surface area contributed by atoms with Crippen molar-refractivity contribution in [3.8, 4) is 6.07 Å². The second-order valence-electron chi connectivity index (χ2n) is 3.85. The molecule has 3 heteroatoms. The van der Waals surface area contributed by atoms with Crippen molar-refractivity contribution in [2.45, 2.75) is 6.10 Å². The number of hydrogen-bond acceptors (Lipinski definition) is 3. The van der Waals surface area contributed by atoms with Gasteiger partial charge in [0.15, 0.2) is 0 Å². The summed E-state index contributed by atoms with van der Waals surface area (Å²) in [5.74, 6) is -0.387. The highest BCUT2D eigenvalue weighted by Gasteiger charge is 2.20. The summed E-state index contributed by atoms with van der Waals surface area (Å²) >= 11 is 0. The Labute approximate surface area is 90.6 Å². The van der Waals surface area contributed by atoms with E-state index in [4.69, 9.17) is 5.26 Å². The third-order valence-corrected chi connectivity index (χ3v) is 2.25. The molecular formula is C12H16N2O. The number of nitriles is 1. The van der Waals surface area contributed by atoms with Crippen molar-refractivity contribution in [3.05, 3.63) is 35.9 Å². The Hall–Kier alpha value is -1.37. The molecule has 0 bridgehead atoms. The molecule has 3 nitrogen and oxygen atoms in total. The zero-order chi connectivity index (χ0) is 11.3. The summed E-state index contributed by atoms with van der Waals surface area (Å²) in [4.78, 5) is 1.90. The van der Waals surface area contributed by atoms with Crippen LogP contribution in [0.25, 0.3) is 0 Å². The monoisotopic (exact) mass is 204 g/mol. The SMILES string of the molecule is CN(C)C[C@@H](C#N)[C@H](O)c1ccccc1. The molecule has 1 N–H and O–H groups in total. The van der Waals surface area contributed by atoms with E-state index in [1.165, 1.54) is 0 Å². The molecule has 0 amide bonds. The Kier molecular flexibility index (Phi) is 4.29. The summed E-state index contributed by atoms with van der Waals surface area (Å²) in [7, 11) is 3.78. The number of aliphatic hydroxyl groups is 1. The van der Waals surface area contributed by atoms with Gasteiger partial charge in [-0.25, -0.2) is 0 Å². The lowest BCUT2D eigenvalue weighted by Gasteiger charge is -2.20. The number of nitrogens with zero attached hydrogens (tertiary/aromatic N) is 2. The second kappa shape index (κ2) is 5.50. The van der Waals surface area contributed by atoms with E-state index in [1.807, 2.05) is 49.3 Å². The number of hydrogen-bond donors (Lipinski definition) is 1. The predicted octanol–water partition coefficient (Wildman–Crippen LogP) is 1.42. The van der Waals surface area contributed by atoms with Gasteiger partial charge in [-0.2, -0.15) is 5.26 Å². The summed E-state index contributed by atoms with van der Waals surface area (Å²) in [6, 6.07) is 11.4. The molecule has 80 valence electrons. The van der Waals surface area contributed by atoms with Gasteiger partial charge in [0.25, 0.3) is 0 Å². The molecule has 0 spiro atoms. The van der Waals surface area contributed by atoms with Gasteiger partial charge < -0.3 is 10.0 Å². The van der Waals surface area contributed by atoms with Crippen LogP contribution in [0.4, 0.5) is 0 Å². The molecule has 1 rings (SSSR count). The maximum Gasteiger partial charge on any atom is 0.0960 e. The second-order valence-corrected chi connectivity index (χ2v) is 3.85.